The molecule has 0 fully saturated rings. The molecule has 0 radical (unpaired) electrons. The van der Waals surface area contributed by atoms with Gasteiger partial charge in [-0.25, -0.2) is 0 Å². The highest BCUT2D eigenvalue weighted by Crippen LogP contribution is 2.33. The molecule has 0 aromatic heterocycles. The van der Waals surface area contributed by atoms with Gasteiger partial charge in [-0.2, -0.15) is 18.4 Å². The van der Waals surface area contributed by atoms with E-state index in [1.54, 1.807) is 6.07 Å². The van der Waals surface area contributed by atoms with Gasteiger partial charge < -0.3 is 0 Å². The Labute approximate surface area is 101 Å². The first-order chi connectivity index (χ1) is 7.81. The van der Waals surface area contributed by atoms with E-state index in [1.807, 2.05) is 0 Å². The minimum Gasteiger partial charge on any atom is -0.293 e. The fourth-order valence-electron chi connectivity index (χ4n) is 1.41. The third-order valence-corrected chi connectivity index (χ3v) is 2.45. The van der Waals surface area contributed by atoms with Crippen LogP contribution in [0.5, 0.6) is 0 Å². The largest absolute Gasteiger partial charge is 0.416 e. The Kier molecular flexibility index (Phi) is 3.79. The van der Waals surface area contributed by atoms with Crippen molar-refractivity contribution in [2.24, 2.45) is 0 Å². The van der Waals surface area contributed by atoms with Gasteiger partial charge in [0.05, 0.1) is 23.1 Å². The van der Waals surface area contributed by atoms with Gasteiger partial charge in [-0.1, -0.05) is 0 Å². The van der Waals surface area contributed by atoms with Crippen LogP contribution in [0.25, 0.3) is 0 Å². The molecule has 0 aliphatic carbocycles. The minimum atomic E-state index is -4.56. The summed E-state index contributed by atoms with van der Waals surface area (Å²) in [6, 6.07) is 3.41. The number of aryl methyl sites for hydroxylation is 1. The number of carbonyl (C=O) groups excluding carboxylic acids is 1. The molecule has 0 unspecified atom stereocenters. The summed E-state index contributed by atoms with van der Waals surface area (Å²) in [6.45, 7) is 1.23. The van der Waals surface area contributed by atoms with Crippen LogP contribution < -0.4 is 0 Å². The molecule has 6 heteroatoms. The maximum absolute atomic E-state index is 12.6. The lowest BCUT2D eigenvalue weighted by atomic mass is 9.97. The Bertz CT molecular complexity index is 503. The number of ketones is 1. The SMILES string of the molecule is Cc1cc(C#N)c(C(=O)CCl)cc1C(F)(F)F. The molecule has 0 spiro atoms. The van der Waals surface area contributed by atoms with Crippen LogP contribution in [0.3, 0.4) is 0 Å². The zero-order chi connectivity index (χ0) is 13.2. The van der Waals surface area contributed by atoms with Crippen LogP contribution in [0.1, 0.15) is 27.0 Å². The molecule has 90 valence electrons. The Hall–Kier alpha value is -1.54. The summed E-state index contributed by atoms with van der Waals surface area (Å²) in [5.74, 6) is -1.16. The Balaban J connectivity index is 3.50. The van der Waals surface area contributed by atoms with Crippen molar-refractivity contribution in [3.63, 3.8) is 0 Å². The number of nitrogens with zero attached hydrogens (tertiary/aromatic N) is 1. The van der Waals surface area contributed by atoms with Crippen molar-refractivity contribution in [3.05, 3.63) is 34.4 Å². The van der Waals surface area contributed by atoms with Crippen LogP contribution in [-0.2, 0) is 6.18 Å². The monoisotopic (exact) mass is 261 g/mol. The number of Topliss-reactive ketones (excluding diaryl/α,β-unsaturated/α-hetero) is 1. The van der Waals surface area contributed by atoms with Crippen molar-refractivity contribution in [3.8, 4) is 6.07 Å². The Morgan fingerprint density at radius 3 is 2.47 bits per heavy atom. The van der Waals surface area contributed by atoms with Crippen LogP contribution in [0.2, 0.25) is 0 Å². The fraction of sp³-hybridized carbons (Fsp3) is 0.273. The maximum Gasteiger partial charge on any atom is 0.416 e. The second-order valence-corrected chi connectivity index (χ2v) is 3.65. The normalized spacial score (nSPS) is 11.1. The molecule has 1 aromatic rings. The van der Waals surface area contributed by atoms with Crippen LogP contribution >= 0.6 is 11.6 Å². The number of nitriles is 1. The number of hydrogen-bond donors (Lipinski definition) is 0. The van der Waals surface area contributed by atoms with Gasteiger partial charge in [-0.05, 0) is 24.6 Å². The average molecular weight is 262 g/mol. The summed E-state index contributed by atoms with van der Waals surface area (Å²) in [5, 5.41) is 8.75. The number of hydrogen-bond acceptors (Lipinski definition) is 2. The first-order valence-electron chi connectivity index (χ1n) is 4.52. The highest BCUT2D eigenvalue weighted by Gasteiger charge is 2.33. The van der Waals surface area contributed by atoms with Crippen molar-refractivity contribution >= 4 is 17.4 Å². The van der Waals surface area contributed by atoms with E-state index in [0.29, 0.717) is 6.07 Å². The summed E-state index contributed by atoms with van der Waals surface area (Å²) in [5.41, 5.74) is -1.41. The molecule has 0 aliphatic rings. The van der Waals surface area contributed by atoms with Gasteiger partial charge in [-0.3, -0.25) is 4.79 Å². The predicted molar refractivity (Wildman–Crippen MR) is 55.9 cm³/mol. The van der Waals surface area contributed by atoms with Gasteiger partial charge in [0.2, 0.25) is 0 Å². The molecule has 0 N–H and O–H groups in total. The molecule has 0 atom stereocenters. The highest BCUT2D eigenvalue weighted by atomic mass is 35.5. The van der Waals surface area contributed by atoms with Crippen LogP contribution in [0.4, 0.5) is 13.2 Å². The number of carbonyl (C=O) groups is 1. The molecule has 0 amide bonds. The van der Waals surface area contributed by atoms with E-state index in [9.17, 15) is 18.0 Å². The fourth-order valence-corrected chi connectivity index (χ4v) is 1.55. The van der Waals surface area contributed by atoms with E-state index in [4.69, 9.17) is 16.9 Å². The van der Waals surface area contributed by atoms with Crippen LogP contribution in [0.15, 0.2) is 12.1 Å². The van der Waals surface area contributed by atoms with E-state index in [0.717, 1.165) is 6.07 Å². The minimum absolute atomic E-state index is 0.0962. The Morgan fingerprint density at radius 1 is 1.47 bits per heavy atom. The molecule has 0 bridgehead atoms. The molecule has 0 aliphatic heterocycles. The third-order valence-electron chi connectivity index (χ3n) is 2.21. The van der Waals surface area contributed by atoms with Crippen LogP contribution in [0, 0.1) is 18.3 Å². The van der Waals surface area contributed by atoms with Crippen molar-refractivity contribution in [2.75, 3.05) is 5.88 Å². The zero-order valence-electron chi connectivity index (χ0n) is 8.73. The van der Waals surface area contributed by atoms with Crippen molar-refractivity contribution in [1.29, 1.82) is 5.26 Å². The quantitative estimate of drug-likeness (QED) is 0.605. The molecule has 2 nitrogen and oxygen atoms in total. The number of alkyl halides is 4. The average Bonchev–Trinajstić information content (AvgIpc) is 2.25. The van der Waals surface area contributed by atoms with E-state index >= 15 is 0 Å². The van der Waals surface area contributed by atoms with Crippen molar-refractivity contribution < 1.29 is 18.0 Å². The van der Waals surface area contributed by atoms with Gasteiger partial charge >= 0.3 is 6.18 Å². The molecule has 17 heavy (non-hydrogen) atoms. The predicted octanol–water partition coefficient (Wildman–Crippen LogP) is 3.31. The summed E-state index contributed by atoms with van der Waals surface area (Å²) in [6.07, 6.45) is -4.56. The van der Waals surface area contributed by atoms with Crippen molar-refractivity contribution in [2.45, 2.75) is 13.1 Å². The third kappa shape index (κ3) is 2.77. The lowest BCUT2D eigenvalue weighted by Crippen LogP contribution is -2.12. The highest BCUT2D eigenvalue weighted by molar-refractivity contribution is 6.30. The summed E-state index contributed by atoms with van der Waals surface area (Å²) >= 11 is 5.28. The van der Waals surface area contributed by atoms with E-state index < -0.39 is 23.4 Å². The molecular formula is C11H7ClF3NO. The first kappa shape index (κ1) is 13.5. The van der Waals surface area contributed by atoms with Gasteiger partial charge in [0, 0.05) is 5.56 Å². The molecular weight excluding hydrogens is 255 g/mol. The second-order valence-electron chi connectivity index (χ2n) is 3.38. The molecule has 0 saturated carbocycles. The molecule has 0 saturated heterocycles. The smallest absolute Gasteiger partial charge is 0.293 e. The van der Waals surface area contributed by atoms with Gasteiger partial charge in [0.1, 0.15) is 0 Å². The summed E-state index contributed by atoms with van der Waals surface area (Å²) in [7, 11) is 0. The topological polar surface area (TPSA) is 40.9 Å². The van der Waals surface area contributed by atoms with E-state index in [1.165, 1.54) is 6.92 Å². The molecule has 1 rings (SSSR count). The van der Waals surface area contributed by atoms with Gasteiger partial charge in [0.15, 0.2) is 5.78 Å². The number of rotatable bonds is 2. The Morgan fingerprint density at radius 2 is 2.06 bits per heavy atom. The number of benzene rings is 1. The molecule has 1 aromatic carbocycles. The van der Waals surface area contributed by atoms with Crippen LogP contribution in [-0.4, -0.2) is 11.7 Å². The van der Waals surface area contributed by atoms with Gasteiger partial charge in [-0.15, -0.1) is 11.6 Å². The molecule has 0 heterocycles. The first-order valence-corrected chi connectivity index (χ1v) is 5.05. The summed E-state index contributed by atoms with van der Waals surface area (Å²) < 4.78 is 37.8. The van der Waals surface area contributed by atoms with Crippen molar-refractivity contribution in [1.82, 2.24) is 0 Å². The lowest BCUT2D eigenvalue weighted by Gasteiger charge is -2.12. The second kappa shape index (κ2) is 4.76. The summed E-state index contributed by atoms with van der Waals surface area (Å²) in [4.78, 5) is 11.3. The lowest BCUT2D eigenvalue weighted by molar-refractivity contribution is -0.138. The van der Waals surface area contributed by atoms with E-state index in [2.05, 4.69) is 0 Å². The van der Waals surface area contributed by atoms with E-state index in [-0.39, 0.29) is 16.7 Å². The number of halogens is 4. The maximum atomic E-state index is 12.6. The zero-order valence-corrected chi connectivity index (χ0v) is 9.49. The standard InChI is InChI=1S/C11H7ClF3NO/c1-6-2-7(5-16)8(10(17)4-12)3-9(6)11(13,14)15/h2-3H,4H2,1H3. The van der Waals surface area contributed by atoms with Gasteiger partial charge in [0.25, 0.3) is 0 Å².